The van der Waals surface area contributed by atoms with Gasteiger partial charge < -0.3 is 10.2 Å². The van der Waals surface area contributed by atoms with Crippen LogP contribution in [-0.4, -0.2) is 31.4 Å². The first kappa shape index (κ1) is 14.2. The van der Waals surface area contributed by atoms with Crippen molar-refractivity contribution in [2.24, 2.45) is 5.92 Å². The molecule has 0 aliphatic carbocycles. The molecule has 0 fully saturated rings. The van der Waals surface area contributed by atoms with Gasteiger partial charge in [-0.25, -0.2) is 0 Å². The van der Waals surface area contributed by atoms with Crippen molar-refractivity contribution >= 4 is 17.2 Å². The highest BCUT2D eigenvalue weighted by Gasteiger charge is 2.17. The summed E-state index contributed by atoms with van der Waals surface area (Å²) in [6.07, 6.45) is 0.886. The fraction of sp³-hybridized carbons (Fsp3) is 0.615. The van der Waals surface area contributed by atoms with Crippen molar-refractivity contribution in [2.75, 3.05) is 20.6 Å². The molecular formula is C13H22N2OS. The minimum Gasteiger partial charge on any atom is -0.354 e. The van der Waals surface area contributed by atoms with E-state index in [9.17, 15) is 4.79 Å². The van der Waals surface area contributed by atoms with E-state index in [2.05, 4.69) is 21.7 Å². The summed E-state index contributed by atoms with van der Waals surface area (Å²) in [5, 5.41) is 5.10. The molecule has 96 valence electrons. The molecule has 0 saturated carbocycles. The van der Waals surface area contributed by atoms with Crippen molar-refractivity contribution in [1.29, 1.82) is 0 Å². The molecule has 1 aromatic heterocycles. The van der Waals surface area contributed by atoms with Crippen LogP contribution in [0.5, 0.6) is 0 Å². The van der Waals surface area contributed by atoms with Crippen molar-refractivity contribution in [2.45, 2.75) is 26.3 Å². The first-order valence-corrected chi connectivity index (χ1v) is 6.91. The van der Waals surface area contributed by atoms with Crippen molar-refractivity contribution in [1.82, 2.24) is 10.2 Å². The third-order valence-electron chi connectivity index (χ3n) is 3.02. The maximum atomic E-state index is 11.7. The molecule has 0 aliphatic rings. The summed E-state index contributed by atoms with van der Waals surface area (Å²) in [6.45, 7) is 4.68. The molecular weight excluding hydrogens is 232 g/mol. The van der Waals surface area contributed by atoms with Crippen LogP contribution in [0.1, 0.15) is 31.2 Å². The zero-order chi connectivity index (χ0) is 12.8. The molecule has 0 aliphatic heterocycles. The number of hydrogen-bond donors (Lipinski definition) is 1. The molecule has 1 amide bonds. The van der Waals surface area contributed by atoms with Gasteiger partial charge in [0.2, 0.25) is 5.91 Å². The quantitative estimate of drug-likeness (QED) is 0.846. The maximum Gasteiger partial charge on any atom is 0.222 e. The number of likely N-dealkylation sites (N-methyl/N-ethyl adjacent to an activating group) is 1. The van der Waals surface area contributed by atoms with Crippen LogP contribution in [0.3, 0.4) is 0 Å². The third kappa shape index (κ3) is 4.13. The van der Waals surface area contributed by atoms with Gasteiger partial charge in [0.15, 0.2) is 0 Å². The van der Waals surface area contributed by atoms with Crippen molar-refractivity contribution in [3.05, 3.63) is 22.4 Å². The first-order chi connectivity index (χ1) is 8.06. The number of amides is 1. The molecule has 1 rings (SSSR count). The van der Waals surface area contributed by atoms with Gasteiger partial charge in [-0.3, -0.25) is 4.79 Å². The summed E-state index contributed by atoms with van der Waals surface area (Å²) < 4.78 is 0. The minimum absolute atomic E-state index is 0.0983. The number of carbonyl (C=O) groups excluding carboxylic acids is 1. The van der Waals surface area contributed by atoms with E-state index in [1.807, 2.05) is 34.0 Å². The molecule has 17 heavy (non-hydrogen) atoms. The Hall–Kier alpha value is -0.870. The Morgan fingerprint density at radius 3 is 2.71 bits per heavy atom. The van der Waals surface area contributed by atoms with Gasteiger partial charge in [0.25, 0.3) is 0 Å². The highest BCUT2D eigenvalue weighted by molar-refractivity contribution is 7.10. The molecule has 0 radical (unpaired) electrons. The Labute approximate surface area is 108 Å². The number of hydrogen-bond acceptors (Lipinski definition) is 3. The monoisotopic (exact) mass is 254 g/mol. The lowest BCUT2D eigenvalue weighted by atomic mass is 10.1. The highest BCUT2D eigenvalue weighted by atomic mass is 32.1. The van der Waals surface area contributed by atoms with Gasteiger partial charge in [0.05, 0.1) is 6.04 Å². The van der Waals surface area contributed by atoms with Gasteiger partial charge in [0, 0.05) is 17.3 Å². The fourth-order valence-electron chi connectivity index (χ4n) is 1.58. The second-order valence-electron chi connectivity index (χ2n) is 4.55. The van der Waals surface area contributed by atoms with Crippen LogP contribution in [0.4, 0.5) is 0 Å². The molecule has 0 saturated heterocycles. The van der Waals surface area contributed by atoms with E-state index in [1.54, 1.807) is 11.3 Å². The van der Waals surface area contributed by atoms with E-state index < -0.39 is 0 Å². The molecule has 0 bridgehead atoms. The zero-order valence-electron chi connectivity index (χ0n) is 11.1. The molecule has 3 nitrogen and oxygen atoms in total. The standard InChI is InChI=1S/C13H22N2OS/c1-5-10(2)13(16)14-9-11(15(3)4)12-7-6-8-17-12/h6-8,10-11H,5,9H2,1-4H3,(H,14,16)/t10-,11-/m0/s1. The minimum atomic E-state index is 0.0983. The average molecular weight is 254 g/mol. The molecule has 1 N–H and O–H groups in total. The van der Waals surface area contributed by atoms with Gasteiger partial charge >= 0.3 is 0 Å². The van der Waals surface area contributed by atoms with Gasteiger partial charge in [-0.1, -0.05) is 19.9 Å². The number of thiophene rings is 1. The average Bonchev–Trinajstić information content (AvgIpc) is 2.81. The smallest absolute Gasteiger partial charge is 0.222 e. The lowest BCUT2D eigenvalue weighted by molar-refractivity contribution is -0.124. The van der Waals surface area contributed by atoms with Gasteiger partial charge in [0.1, 0.15) is 0 Å². The lowest BCUT2D eigenvalue weighted by Crippen LogP contribution is -2.36. The van der Waals surface area contributed by atoms with E-state index >= 15 is 0 Å². The van der Waals surface area contributed by atoms with Gasteiger partial charge in [-0.2, -0.15) is 0 Å². The first-order valence-electron chi connectivity index (χ1n) is 6.03. The summed E-state index contributed by atoms with van der Waals surface area (Å²) in [4.78, 5) is 15.2. The number of nitrogens with one attached hydrogen (secondary N) is 1. The Bertz CT molecular complexity index is 335. The van der Waals surface area contributed by atoms with Crippen molar-refractivity contribution in [3.63, 3.8) is 0 Å². The maximum absolute atomic E-state index is 11.7. The second kappa shape index (κ2) is 6.77. The molecule has 0 aromatic carbocycles. The van der Waals surface area contributed by atoms with Crippen LogP contribution in [0.25, 0.3) is 0 Å². The fourth-order valence-corrected chi connectivity index (χ4v) is 2.50. The van der Waals surface area contributed by atoms with E-state index in [-0.39, 0.29) is 17.9 Å². The van der Waals surface area contributed by atoms with Gasteiger partial charge in [-0.05, 0) is 32.0 Å². The molecule has 0 unspecified atom stereocenters. The molecule has 2 atom stereocenters. The van der Waals surface area contributed by atoms with Crippen LogP contribution in [0, 0.1) is 5.92 Å². The van der Waals surface area contributed by atoms with E-state index in [0.29, 0.717) is 6.54 Å². The van der Waals surface area contributed by atoms with Gasteiger partial charge in [-0.15, -0.1) is 11.3 Å². The molecule has 4 heteroatoms. The number of carbonyl (C=O) groups is 1. The Balaban J connectivity index is 2.55. The normalized spacial score (nSPS) is 14.6. The topological polar surface area (TPSA) is 32.3 Å². The van der Waals surface area contributed by atoms with Crippen LogP contribution < -0.4 is 5.32 Å². The second-order valence-corrected chi connectivity index (χ2v) is 5.53. The summed E-state index contributed by atoms with van der Waals surface area (Å²) in [7, 11) is 4.08. The third-order valence-corrected chi connectivity index (χ3v) is 4.00. The number of rotatable bonds is 6. The Kier molecular flexibility index (Phi) is 5.65. The number of nitrogens with zero attached hydrogens (tertiary/aromatic N) is 1. The summed E-state index contributed by atoms with van der Waals surface area (Å²) >= 11 is 1.73. The summed E-state index contributed by atoms with van der Waals surface area (Å²) in [5.74, 6) is 0.247. The van der Waals surface area contributed by atoms with E-state index in [0.717, 1.165) is 6.42 Å². The van der Waals surface area contributed by atoms with E-state index in [4.69, 9.17) is 0 Å². The molecule has 1 heterocycles. The molecule has 1 aromatic rings. The van der Waals surface area contributed by atoms with E-state index in [1.165, 1.54) is 4.88 Å². The summed E-state index contributed by atoms with van der Waals surface area (Å²) in [6, 6.07) is 4.43. The SMILES string of the molecule is CC[C@H](C)C(=O)NC[C@@H](c1cccs1)N(C)C. The van der Waals surface area contributed by atoms with Crippen LogP contribution in [0.2, 0.25) is 0 Å². The van der Waals surface area contributed by atoms with Crippen molar-refractivity contribution < 1.29 is 4.79 Å². The van der Waals surface area contributed by atoms with Crippen LogP contribution in [-0.2, 0) is 4.79 Å². The Morgan fingerprint density at radius 1 is 1.53 bits per heavy atom. The summed E-state index contributed by atoms with van der Waals surface area (Å²) in [5.41, 5.74) is 0. The zero-order valence-corrected chi connectivity index (χ0v) is 11.9. The predicted molar refractivity (Wildman–Crippen MR) is 73.2 cm³/mol. The lowest BCUT2D eigenvalue weighted by Gasteiger charge is -2.24. The largest absolute Gasteiger partial charge is 0.354 e. The van der Waals surface area contributed by atoms with Crippen LogP contribution >= 0.6 is 11.3 Å². The molecule has 0 spiro atoms. The highest BCUT2D eigenvalue weighted by Crippen LogP contribution is 2.22. The van der Waals surface area contributed by atoms with Crippen molar-refractivity contribution in [3.8, 4) is 0 Å². The predicted octanol–water partition coefficient (Wildman–Crippen LogP) is 2.51. The van der Waals surface area contributed by atoms with Crippen LogP contribution in [0.15, 0.2) is 17.5 Å². The Morgan fingerprint density at radius 2 is 2.24 bits per heavy atom.